The Hall–Kier alpha value is -0.470. The first-order valence-electron chi connectivity index (χ1n) is 12.3. The molecule has 0 aromatic carbocycles. The van der Waals surface area contributed by atoms with Gasteiger partial charge in [-0.25, -0.2) is 4.18 Å². The molecule has 0 aromatic rings. The van der Waals surface area contributed by atoms with Crippen molar-refractivity contribution in [1.29, 1.82) is 0 Å². The maximum Gasteiger partial charge on any atom is 0.397 e. The van der Waals surface area contributed by atoms with Gasteiger partial charge >= 0.3 is 10.4 Å². The minimum absolute atomic E-state index is 0.0214. The molecule has 4 aliphatic carbocycles. The van der Waals surface area contributed by atoms with Crippen molar-refractivity contribution in [2.75, 3.05) is 0 Å². The lowest BCUT2D eigenvalue weighted by atomic mass is 9.46. The molecule has 4 rings (SSSR count). The van der Waals surface area contributed by atoms with Gasteiger partial charge in [0.1, 0.15) is 0 Å². The van der Waals surface area contributed by atoms with E-state index in [4.69, 9.17) is 14.2 Å². The number of hydrogen-bond acceptors (Lipinski definition) is 5. The highest BCUT2D eigenvalue weighted by Gasteiger charge is 2.65. The van der Waals surface area contributed by atoms with Gasteiger partial charge in [0.25, 0.3) is 0 Å². The highest BCUT2D eigenvalue weighted by atomic mass is 32.3. The molecule has 3 N–H and O–H groups in total. The summed E-state index contributed by atoms with van der Waals surface area (Å²) in [7, 11) is -4.51. The Morgan fingerprint density at radius 2 is 1.96 bits per heavy atom. The fourth-order valence-corrected chi connectivity index (χ4v) is 7.79. The largest absolute Gasteiger partial charge is 0.397 e. The van der Waals surface area contributed by atoms with Gasteiger partial charge in [0.05, 0.1) is 19.2 Å². The van der Waals surface area contributed by atoms with Crippen molar-refractivity contribution in [2.24, 2.45) is 28.6 Å². The molecule has 7 heteroatoms. The molecule has 28 heavy (non-hydrogen) atoms. The number of allylic oxidation sites excluding steroid dienone is 1. The molecule has 0 radical (unpaired) electrons. The van der Waals surface area contributed by atoms with Gasteiger partial charge in [0.2, 0.25) is 0 Å². The second-order valence-electron chi connectivity index (χ2n) is 9.85. The van der Waals surface area contributed by atoms with E-state index in [2.05, 4.69) is 13.0 Å². The van der Waals surface area contributed by atoms with Gasteiger partial charge in [-0.2, -0.15) is 8.42 Å². The zero-order valence-electron chi connectivity index (χ0n) is 20.5. The predicted molar refractivity (Wildman–Crippen MR) is 105 cm³/mol. The predicted octanol–water partition coefficient (Wildman–Crippen LogP) is 3.25. The third kappa shape index (κ3) is 2.92. The Kier molecular flexibility index (Phi) is 3.78. The molecule has 0 amide bonds. The van der Waals surface area contributed by atoms with Crippen LogP contribution in [0, 0.1) is 28.6 Å². The van der Waals surface area contributed by atoms with Crippen molar-refractivity contribution in [3.63, 3.8) is 0 Å². The van der Waals surface area contributed by atoms with E-state index in [1.165, 1.54) is 0 Å². The Morgan fingerprint density at radius 3 is 2.64 bits per heavy atom. The second kappa shape index (κ2) is 6.51. The summed E-state index contributed by atoms with van der Waals surface area (Å²) in [6.07, 6.45) is 2.86. The van der Waals surface area contributed by atoms with Crippen LogP contribution in [-0.2, 0) is 14.6 Å². The molecule has 0 heterocycles. The molecule has 3 saturated carbocycles. The van der Waals surface area contributed by atoms with Gasteiger partial charge in [0, 0.05) is 9.53 Å². The second-order valence-corrected chi connectivity index (χ2v) is 10.9. The lowest BCUT2D eigenvalue weighted by molar-refractivity contribution is -0.170. The number of hydrogen-bond donors (Lipinski definition) is 3. The highest BCUT2D eigenvalue weighted by Crippen LogP contribution is 2.67. The van der Waals surface area contributed by atoms with Crippen LogP contribution < -0.4 is 0 Å². The summed E-state index contributed by atoms with van der Waals surface area (Å²) >= 11 is 0. The highest BCUT2D eigenvalue weighted by molar-refractivity contribution is 7.80. The first kappa shape index (κ1) is 16.3. The molecule has 0 saturated heterocycles. The average Bonchev–Trinajstić information content (AvgIpc) is 2.93. The molecular formula is C21H34O6S. The van der Waals surface area contributed by atoms with E-state index in [-0.39, 0.29) is 29.6 Å². The van der Waals surface area contributed by atoms with E-state index in [1.807, 2.05) is 6.92 Å². The van der Waals surface area contributed by atoms with Crippen LogP contribution in [0.5, 0.6) is 0 Å². The molecule has 6 nitrogen and oxygen atoms in total. The lowest BCUT2D eigenvalue weighted by Gasteiger charge is -2.59. The van der Waals surface area contributed by atoms with Gasteiger partial charge in [-0.15, -0.1) is 0 Å². The molecular weight excluding hydrogens is 380 g/mol. The van der Waals surface area contributed by atoms with Gasteiger partial charge in [-0.1, -0.05) is 25.5 Å². The Balaban J connectivity index is 1.63. The summed E-state index contributed by atoms with van der Waals surface area (Å²) in [5.74, 6) is 0.441. The molecule has 0 aliphatic heterocycles. The first-order chi connectivity index (χ1) is 14.5. The zero-order valence-corrected chi connectivity index (χ0v) is 17.3. The Labute approximate surface area is 173 Å². The number of fused-ring (bicyclic) bond motifs is 5. The summed E-state index contributed by atoms with van der Waals surface area (Å²) in [5.41, 5.74) is -1.93. The minimum Gasteiger partial charge on any atom is -0.390 e. The molecule has 160 valence electrons. The summed E-state index contributed by atoms with van der Waals surface area (Å²) in [6.45, 7) is 1.00. The van der Waals surface area contributed by atoms with Crippen LogP contribution in [-0.4, -0.2) is 41.0 Å². The number of aliphatic hydroxyl groups is 2. The van der Waals surface area contributed by atoms with Crippen LogP contribution in [0.3, 0.4) is 0 Å². The summed E-state index contributed by atoms with van der Waals surface area (Å²) in [5, 5.41) is 22.3. The van der Waals surface area contributed by atoms with Crippen molar-refractivity contribution in [1.82, 2.24) is 0 Å². The van der Waals surface area contributed by atoms with Gasteiger partial charge in [-0.05, 0) is 81.4 Å². The van der Waals surface area contributed by atoms with Crippen molar-refractivity contribution < 1.29 is 32.8 Å². The van der Waals surface area contributed by atoms with E-state index in [0.717, 1.165) is 12.0 Å². The summed E-state index contributed by atoms with van der Waals surface area (Å²) in [4.78, 5) is 0. The summed E-state index contributed by atoms with van der Waals surface area (Å²) in [6, 6.07) is 0. The van der Waals surface area contributed by atoms with Crippen molar-refractivity contribution >= 4 is 10.4 Å². The topological polar surface area (TPSA) is 104 Å². The Bertz CT molecular complexity index is 918. The average molecular weight is 419 g/mol. The van der Waals surface area contributed by atoms with Crippen molar-refractivity contribution in [3.8, 4) is 0 Å². The van der Waals surface area contributed by atoms with Crippen LogP contribution in [0.25, 0.3) is 0 Å². The van der Waals surface area contributed by atoms with Crippen LogP contribution in [0.1, 0.15) is 77.5 Å². The quantitative estimate of drug-likeness (QED) is 0.480. The van der Waals surface area contributed by atoms with Gasteiger partial charge in [0.15, 0.2) is 0 Å². The SMILES string of the molecule is [2H]C([2H])([2H])[C@]([2H])(O)[C@@]1(O)CC[C@H]2[C@@H]3CC=C4C[C@@H](OS(=O)(=O)O)CC[C@]4(C)[C@H]3CC[C@@]21C. The van der Waals surface area contributed by atoms with Crippen LogP contribution in [0.4, 0.5) is 0 Å². The standard InChI is InChI=1S/C21H34O6S/c1-13(22)21(23)11-8-18-16-5-4-14-12-15(27-28(24,25)26)6-9-19(14,2)17(16)7-10-20(18,21)3/h4,13,15-18,22-23H,5-12H2,1-3H3,(H,24,25,26)/t13-,15-,16+,17-,18-,19-,20-,21-/m0/s1/i1D3,13D. The molecule has 4 aliphatic rings. The van der Waals surface area contributed by atoms with Gasteiger partial charge in [-0.3, -0.25) is 4.55 Å². The monoisotopic (exact) mass is 418 g/mol. The van der Waals surface area contributed by atoms with Crippen molar-refractivity contribution in [2.45, 2.75) is 89.9 Å². The van der Waals surface area contributed by atoms with E-state index < -0.39 is 40.5 Å². The van der Waals surface area contributed by atoms with E-state index in [1.54, 1.807) is 0 Å². The lowest BCUT2D eigenvalue weighted by Crippen LogP contribution is -2.58. The maximum absolute atomic E-state index is 11.5. The summed E-state index contributed by atoms with van der Waals surface area (Å²) < 4.78 is 67.5. The molecule has 3 fully saturated rings. The molecule has 0 unspecified atom stereocenters. The molecule has 8 atom stereocenters. The Morgan fingerprint density at radius 1 is 1.25 bits per heavy atom. The first-order valence-corrected chi connectivity index (χ1v) is 11.6. The fraction of sp³-hybridized carbons (Fsp3) is 0.905. The smallest absolute Gasteiger partial charge is 0.390 e. The van der Waals surface area contributed by atoms with Crippen molar-refractivity contribution in [3.05, 3.63) is 11.6 Å². The normalized spacial score (nSPS) is 53.2. The van der Waals surface area contributed by atoms with Crippen LogP contribution >= 0.6 is 0 Å². The van der Waals surface area contributed by atoms with Gasteiger partial charge < -0.3 is 10.2 Å². The van der Waals surface area contributed by atoms with E-state index >= 15 is 0 Å². The molecule has 0 aromatic heterocycles. The van der Waals surface area contributed by atoms with E-state index in [0.29, 0.717) is 38.5 Å². The number of rotatable bonds is 3. The molecule has 0 bridgehead atoms. The van der Waals surface area contributed by atoms with Crippen LogP contribution in [0.2, 0.25) is 0 Å². The third-order valence-electron chi connectivity index (χ3n) is 8.86. The fourth-order valence-electron chi connectivity index (χ4n) is 7.29. The zero-order chi connectivity index (χ0) is 24.0. The third-order valence-corrected chi connectivity index (χ3v) is 9.38. The van der Waals surface area contributed by atoms with E-state index in [9.17, 15) is 18.6 Å². The minimum atomic E-state index is -4.51. The molecule has 0 spiro atoms. The maximum atomic E-state index is 11.5. The van der Waals surface area contributed by atoms with Crippen LogP contribution in [0.15, 0.2) is 11.6 Å².